The van der Waals surface area contributed by atoms with Gasteiger partial charge in [0.15, 0.2) is 15.5 Å². The lowest BCUT2D eigenvalue weighted by Crippen LogP contribution is -2.40. The second-order valence-corrected chi connectivity index (χ2v) is 11.0. The number of ether oxygens (including phenoxy) is 2. The van der Waals surface area contributed by atoms with Crippen LogP contribution in [0.1, 0.15) is 25.3 Å². The Morgan fingerprint density at radius 3 is 2.72 bits per heavy atom. The minimum Gasteiger partial charge on any atom is -0.438 e. The number of aromatic nitrogens is 3. The van der Waals surface area contributed by atoms with Crippen LogP contribution in [0.2, 0.25) is 5.02 Å². The molecule has 1 N–H and O–H groups in total. The van der Waals surface area contributed by atoms with Crippen molar-refractivity contribution in [1.82, 2.24) is 14.8 Å². The molecule has 1 aromatic carbocycles. The summed E-state index contributed by atoms with van der Waals surface area (Å²) in [4.78, 5) is 17.0. The number of benzene rings is 1. The summed E-state index contributed by atoms with van der Waals surface area (Å²) in [6.45, 7) is 2.41. The number of rotatable bonds is 8. The maximum absolute atomic E-state index is 14.8. The second-order valence-electron chi connectivity index (χ2n) is 8.61. The van der Waals surface area contributed by atoms with E-state index in [1.165, 1.54) is 24.5 Å². The molecule has 9 nitrogen and oxygen atoms in total. The molecule has 0 spiro atoms. The number of anilines is 1. The molecule has 0 aliphatic carbocycles. The SMILES string of the molecule is CCc1ccc(S(C)(=O)=O)c(Oc2ccc(-n3ncc(NCC4(F)CCCOC4)c(Cl)c3=O)cn2)c1. The molecule has 4 rings (SSSR count). The van der Waals surface area contributed by atoms with E-state index >= 15 is 0 Å². The molecule has 0 amide bonds. The van der Waals surface area contributed by atoms with Gasteiger partial charge in [-0.05, 0) is 43.0 Å². The van der Waals surface area contributed by atoms with Gasteiger partial charge in [-0.15, -0.1) is 0 Å². The number of pyridine rings is 1. The van der Waals surface area contributed by atoms with Crippen LogP contribution in [0.25, 0.3) is 5.69 Å². The zero-order valence-corrected chi connectivity index (χ0v) is 21.4. The fourth-order valence-corrected chi connectivity index (χ4v) is 4.76. The standard InChI is InChI=1S/C24H26ClFN4O5S/c1-3-16-5-7-20(36(2,32)33)19(11-16)35-21-8-6-17(12-27-21)30-23(31)22(25)18(13-29-30)28-14-24(26)9-4-10-34-15-24/h5-8,11-13,28H,3-4,9-10,14-15H2,1-2H3. The molecule has 1 atom stereocenters. The molecule has 1 aliphatic rings. The topological polar surface area (TPSA) is 112 Å². The van der Waals surface area contributed by atoms with Gasteiger partial charge in [0.1, 0.15) is 15.7 Å². The summed E-state index contributed by atoms with van der Waals surface area (Å²) >= 11 is 6.25. The van der Waals surface area contributed by atoms with E-state index in [2.05, 4.69) is 15.4 Å². The van der Waals surface area contributed by atoms with Crippen molar-refractivity contribution in [3.8, 4) is 17.3 Å². The van der Waals surface area contributed by atoms with Gasteiger partial charge in [0.2, 0.25) is 5.88 Å². The number of halogens is 2. The van der Waals surface area contributed by atoms with Crippen molar-refractivity contribution < 1.29 is 22.3 Å². The van der Waals surface area contributed by atoms with Gasteiger partial charge in [-0.25, -0.2) is 17.8 Å². The van der Waals surface area contributed by atoms with E-state index in [0.29, 0.717) is 31.6 Å². The normalized spacial score (nSPS) is 18.1. The monoisotopic (exact) mass is 536 g/mol. The highest BCUT2D eigenvalue weighted by Gasteiger charge is 2.32. The van der Waals surface area contributed by atoms with Crippen molar-refractivity contribution in [2.24, 2.45) is 0 Å². The van der Waals surface area contributed by atoms with Crippen LogP contribution < -0.4 is 15.6 Å². The molecule has 3 aromatic rings. The number of aryl methyl sites for hydroxylation is 1. The predicted octanol–water partition coefficient (Wildman–Crippen LogP) is 3.97. The Hall–Kier alpha value is -3.02. The Labute approximate surface area is 213 Å². The highest BCUT2D eigenvalue weighted by molar-refractivity contribution is 7.90. The molecule has 0 saturated carbocycles. The summed E-state index contributed by atoms with van der Waals surface area (Å²) in [5.41, 5.74) is -0.710. The van der Waals surface area contributed by atoms with Gasteiger partial charge in [-0.1, -0.05) is 24.6 Å². The molecule has 3 heterocycles. The molecule has 1 aliphatic heterocycles. The van der Waals surface area contributed by atoms with Crippen LogP contribution in [-0.4, -0.2) is 54.9 Å². The van der Waals surface area contributed by atoms with Crippen LogP contribution in [-0.2, 0) is 21.0 Å². The number of alkyl halides is 1. The first-order chi connectivity index (χ1) is 17.1. The van der Waals surface area contributed by atoms with Crippen LogP contribution in [0.4, 0.5) is 10.1 Å². The Bertz CT molecular complexity index is 1410. The van der Waals surface area contributed by atoms with E-state index in [1.54, 1.807) is 18.2 Å². The average molecular weight is 537 g/mol. The number of sulfone groups is 1. The minimum atomic E-state index is -3.52. The van der Waals surface area contributed by atoms with Gasteiger partial charge in [0, 0.05) is 18.9 Å². The molecule has 12 heteroatoms. The van der Waals surface area contributed by atoms with Crippen LogP contribution in [0.3, 0.4) is 0 Å². The first kappa shape index (κ1) is 26.1. The highest BCUT2D eigenvalue weighted by Crippen LogP contribution is 2.30. The van der Waals surface area contributed by atoms with Crippen molar-refractivity contribution in [2.45, 2.75) is 36.8 Å². The lowest BCUT2D eigenvalue weighted by atomic mass is 9.99. The third-order valence-electron chi connectivity index (χ3n) is 5.78. The van der Waals surface area contributed by atoms with Gasteiger partial charge in [-0.2, -0.15) is 9.78 Å². The summed E-state index contributed by atoms with van der Waals surface area (Å²) < 4.78 is 51.1. The van der Waals surface area contributed by atoms with E-state index in [-0.39, 0.29) is 40.4 Å². The van der Waals surface area contributed by atoms with E-state index in [4.69, 9.17) is 21.1 Å². The molecular weight excluding hydrogens is 511 g/mol. The van der Waals surface area contributed by atoms with Crippen molar-refractivity contribution in [3.63, 3.8) is 0 Å². The zero-order chi connectivity index (χ0) is 25.9. The molecular formula is C24H26ClFN4O5S. The fraction of sp³-hybridized carbons (Fsp3) is 0.375. The third kappa shape index (κ3) is 5.85. The van der Waals surface area contributed by atoms with Crippen molar-refractivity contribution >= 4 is 27.1 Å². The molecule has 36 heavy (non-hydrogen) atoms. The van der Waals surface area contributed by atoms with E-state index in [0.717, 1.165) is 16.5 Å². The Morgan fingerprint density at radius 1 is 1.28 bits per heavy atom. The van der Waals surface area contributed by atoms with Gasteiger partial charge in [-0.3, -0.25) is 4.79 Å². The Balaban J connectivity index is 1.53. The Kier molecular flexibility index (Phi) is 7.62. The number of nitrogens with one attached hydrogen (secondary N) is 1. The molecule has 1 fully saturated rings. The van der Waals surface area contributed by atoms with Crippen molar-refractivity contribution in [2.75, 3.05) is 31.3 Å². The van der Waals surface area contributed by atoms with E-state index < -0.39 is 21.1 Å². The third-order valence-corrected chi connectivity index (χ3v) is 7.29. The Morgan fingerprint density at radius 2 is 2.08 bits per heavy atom. The number of hydrogen-bond donors (Lipinski definition) is 1. The van der Waals surface area contributed by atoms with Gasteiger partial charge in [0.05, 0.1) is 36.9 Å². The molecule has 192 valence electrons. The number of nitrogens with zero attached hydrogens (tertiary/aromatic N) is 3. The van der Waals surface area contributed by atoms with Crippen LogP contribution >= 0.6 is 11.6 Å². The largest absolute Gasteiger partial charge is 0.438 e. The fourth-order valence-electron chi connectivity index (χ4n) is 3.78. The molecule has 1 saturated heterocycles. The molecule has 1 unspecified atom stereocenters. The van der Waals surface area contributed by atoms with Gasteiger partial charge < -0.3 is 14.8 Å². The van der Waals surface area contributed by atoms with Crippen LogP contribution in [0.5, 0.6) is 11.6 Å². The number of hydrogen-bond acceptors (Lipinski definition) is 8. The van der Waals surface area contributed by atoms with Gasteiger partial charge in [0.25, 0.3) is 5.56 Å². The molecule has 2 aromatic heterocycles. The molecule has 0 bridgehead atoms. The van der Waals surface area contributed by atoms with Gasteiger partial charge >= 0.3 is 0 Å². The van der Waals surface area contributed by atoms with Crippen molar-refractivity contribution in [1.29, 1.82) is 0 Å². The summed E-state index contributed by atoms with van der Waals surface area (Å²) in [5, 5.41) is 6.84. The minimum absolute atomic E-state index is 0.0172. The zero-order valence-electron chi connectivity index (χ0n) is 19.8. The lowest BCUT2D eigenvalue weighted by molar-refractivity contribution is -0.0234. The van der Waals surface area contributed by atoms with Crippen LogP contribution in [0, 0.1) is 0 Å². The summed E-state index contributed by atoms with van der Waals surface area (Å²) in [6.07, 6.45) is 5.48. The van der Waals surface area contributed by atoms with Crippen molar-refractivity contribution in [3.05, 3.63) is 63.7 Å². The average Bonchev–Trinajstić information content (AvgIpc) is 2.85. The lowest BCUT2D eigenvalue weighted by Gasteiger charge is -2.29. The maximum Gasteiger partial charge on any atom is 0.292 e. The van der Waals surface area contributed by atoms with E-state index in [1.807, 2.05) is 6.92 Å². The first-order valence-electron chi connectivity index (χ1n) is 11.4. The summed E-state index contributed by atoms with van der Waals surface area (Å²) in [7, 11) is -3.52. The summed E-state index contributed by atoms with van der Waals surface area (Å²) in [5.74, 6) is 0.303. The summed E-state index contributed by atoms with van der Waals surface area (Å²) in [6, 6.07) is 7.93. The van der Waals surface area contributed by atoms with E-state index in [9.17, 15) is 17.6 Å². The quantitative estimate of drug-likeness (QED) is 0.460. The smallest absolute Gasteiger partial charge is 0.292 e. The second kappa shape index (κ2) is 10.5. The maximum atomic E-state index is 14.8. The highest BCUT2D eigenvalue weighted by atomic mass is 35.5. The first-order valence-corrected chi connectivity index (χ1v) is 13.6. The predicted molar refractivity (Wildman–Crippen MR) is 134 cm³/mol. The van der Waals surface area contributed by atoms with Crippen LogP contribution in [0.15, 0.2) is 52.4 Å². The molecule has 0 radical (unpaired) electrons.